The molecule has 0 radical (unpaired) electrons. The van der Waals surface area contributed by atoms with Crippen LogP contribution in [0.3, 0.4) is 0 Å². The zero-order chi connectivity index (χ0) is 23.3. The molecule has 2 aromatic heterocycles. The Kier molecular flexibility index (Phi) is 8.27. The number of rotatable bonds is 9. The number of nitrogens with one attached hydrogen (secondary N) is 1. The molecule has 170 valence electrons. The molecule has 2 heterocycles. The smallest absolute Gasteiger partial charge is 0.311 e. The summed E-state index contributed by atoms with van der Waals surface area (Å²) in [6.07, 6.45) is 0.0570. The van der Waals surface area contributed by atoms with Crippen LogP contribution in [0.1, 0.15) is 26.5 Å². The van der Waals surface area contributed by atoms with Gasteiger partial charge in [0.25, 0.3) is 5.56 Å². The first kappa shape index (κ1) is 24.2. The van der Waals surface area contributed by atoms with Gasteiger partial charge in [-0.25, -0.2) is 9.97 Å². The molecule has 3 rings (SSSR count). The summed E-state index contributed by atoms with van der Waals surface area (Å²) in [5.41, 5.74) is 0.889. The van der Waals surface area contributed by atoms with Gasteiger partial charge in [0.1, 0.15) is 0 Å². The first-order chi connectivity index (χ1) is 15.3. The molecule has 0 spiro atoms. The molecule has 0 aliphatic carbocycles. The highest BCUT2D eigenvalue weighted by Gasteiger charge is 2.16. The summed E-state index contributed by atoms with van der Waals surface area (Å²) < 4.78 is 6.49. The third kappa shape index (κ3) is 6.30. The summed E-state index contributed by atoms with van der Waals surface area (Å²) in [6.45, 7) is 6.53. The number of anilines is 1. The van der Waals surface area contributed by atoms with Crippen LogP contribution in [0.2, 0.25) is 5.02 Å². The SMILES string of the molecule is CCOC(=O)Cc1csc(NC(=O)CSc2nc3ccc(Cl)cc3c(=O)n2CC(C)C)n1. The summed E-state index contributed by atoms with van der Waals surface area (Å²) in [5, 5.41) is 6.21. The van der Waals surface area contributed by atoms with Gasteiger partial charge < -0.3 is 10.1 Å². The highest BCUT2D eigenvalue weighted by atomic mass is 35.5. The minimum atomic E-state index is -0.363. The Balaban J connectivity index is 1.72. The minimum absolute atomic E-state index is 0.0520. The maximum Gasteiger partial charge on any atom is 0.311 e. The second-order valence-electron chi connectivity index (χ2n) is 7.33. The highest BCUT2D eigenvalue weighted by Crippen LogP contribution is 2.22. The van der Waals surface area contributed by atoms with Crippen molar-refractivity contribution in [2.24, 2.45) is 5.92 Å². The first-order valence-electron chi connectivity index (χ1n) is 9.99. The van der Waals surface area contributed by atoms with Gasteiger partial charge in [0.05, 0.1) is 35.4 Å². The number of carbonyl (C=O) groups excluding carboxylic acids is 2. The Morgan fingerprint density at radius 3 is 2.81 bits per heavy atom. The average molecular weight is 495 g/mol. The van der Waals surface area contributed by atoms with Gasteiger partial charge in [0.2, 0.25) is 5.91 Å². The number of thioether (sulfide) groups is 1. The Morgan fingerprint density at radius 2 is 2.09 bits per heavy atom. The van der Waals surface area contributed by atoms with Crippen molar-refractivity contribution in [3.05, 3.63) is 44.6 Å². The maximum absolute atomic E-state index is 13.0. The third-order valence-corrected chi connectivity index (χ3v) is 6.21. The molecule has 0 atom stereocenters. The molecule has 0 aliphatic rings. The van der Waals surface area contributed by atoms with E-state index in [4.69, 9.17) is 16.3 Å². The van der Waals surface area contributed by atoms with Gasteiger partial charge in [0.15, 0.2) is 10.3 Å². The Labute approximate surface area is 198 Å². The number of thiazole rings is 1. The van der Waals surface area contributed by atoms with Gasteiger partial charge >= 0.3 is 5.97 Å². The van der Waals surface area contributed by atoms with Crippen molar-refractivity contribution in [3.63, 3.8) is 0 Å². The topological polar surface area (TPSA) is 103 Å². The quantitative estimate of drug-likeness (QED) is 0.272. The lowest BCUT2D eigenvalue weighted by Gasteiger charge is -2.14. The van der Waals surface area contributed by atoms with E-state index in [1.165, 1.54) is 23.1 Å². The normalized spacial score (nSPS) is 11.2. The van der Waals surface area contributed by atoms with Crippen molar-refractivity contribution in [1.29, 1.82) is 0 Å². The molecule has 0 saturated carbocycles. The number of halogens is 1. The fraction of sp³-hybridized carbons (Fsp3) is 0.381. The van der Waals surface area contributed by atoms with E-state index in [9.17, 15) is 14.4 Å². The van der Waals surface area contributed by atoms with Crippen LogP contribution in [-0.4, -0.2) is 38.8 Å². The molecule has 0 unspecified atom stereocenters. The van der Waals surface area contributed by atoms with Gasteiger partial charge in [-0.3, -0.25) is 19.0 Å². The number of benzene rings is 1. The van der Waals surface area contributed by atoms with Gasteiger partial charge in [-0.15, -0.1) is 11.3 Å². The van der Waals surface area contributed by atoms with Crippen LogP contribution in [0.5, 0.6) is 0 Å². The lowest BCUT2D eigenvalue weighted by Crippen LogP contribution is -2.26. The Hall–Kier alpha value is -2.43. The molecule has 0 bridgehead atoms. The van der Waals surface area contributed by atoms with Crippen LogP contribution in [0.15, 0.2) is 33.5 Å². The van der Waals surface area contributed by atoms with E-state index in [0.29, 0.717) is 45.1 Å². The Morgan fingerprint density at radius 1 is 1.31 bits per heavy atom. The molecular formula is C21H23ClN4O4S2. The number of fused-ring (bicyclic) bond motifs is 1. The number of nitrogens with zero attached hydrogens (tertiary/aromatic N) is 3. The number of amides is 1. The molecule has 0 fully saturated rings. The largest absolute Gasteiger partial charge is 0.466 e. The van der Waals surface area contributed by atoms with E-state index in [1.54, 1.807) is 35.1 Å². The van der Waals surface area contributed by atoms with E-state index in [0.717, 1.165) is 0 Å². The van der Waals surface area contributed by atoms with E-state index in [-0.39, 0.29) is 35.5 Å². The van der Waals surface area contributed by atoms with Crippen molar-refractivity contribution in [1.82, 2.24) is 14.5 Å². The van der Waals surface area contributed by atoms with Crippen LogP contribution in [0.4, 0.5) is 5.13 Å². The van der Waals surface area contributed by atoms with Gasteiger partial charge in [-0.1, -0.05) is 37.2 Å². The predicted molar refractivity (Wildman–Crippen MR) is 128 cm³/mol. The summed E-state index contributed by atoms with van der Waals surface area (Å²) in [6, 6.07) is 4.99. The van der Waals surface area contributed by atoms with Crippen molar-refractivity contribution >= 4 is 62.6 Å². The molecule has 32 heavy (non-hydrogen) atoms. The molecular weight excluding hydrogens is 472 g/mol. The second kappa shape index (κ2) is 10.9. The number of esters is 1. The molecule has 1 amide bonds. The molecule has 0 saturated heterocycles. The summed E-state index contributed by atoms with van der Waals surface area (Å²) in [7, 11) is 0. The fourth-order valence-corrected chi connectivity index (χ4v) is 4.61. The van der Waals surface area contributed by atoms with Gasteiger partial charge in [-0.2, -0.15) is 0 Å². The van der Waals surface area contributed by atoms with Crippen LogP contribution in [0.25, 0.3) is 10.9 Å². The third-order valence-electron chi connectivity index (χ3n) is 4.19. The van der Waals surface area contributed by atoms with Gasteiger partial charge in [0, 0.05) is 16.9 Å². The predicted octanol–water partition coefficient (Wildman–Crippen LogP) is 4.00. The van der Waals surface area contributed by atoms with Crippen molar-refractivity contribution in [2.75, 3.05) is 17.7 Å². The standard InChI is InChI=1S/C21H23ClN4O4S2/c1-4-30-18(28)8-14-10-31-20(23-14)25-17(27)11-32-21-24-16-6-5-13(22)7-15(16)19(29)26(21)9-12(2)3/h5-7,10,12H,4,8-9,11H2,1-3H3,(H,23,25,27). The average Bonchev–Trinajstić information content (AvgIpc) is 3.15. The van der Waals surface area contributed by atoms with Crippen LogP contribution >= 0.6 is 34.7 Å². The lowest BCUT2D eigenvalue weighted by atomic mass is 10.2. The van der Waals surface area contributed by atoms with E-state index < -0.39 is 0 Å². The van der Waals surface area contributed by atoms with Crippen LogP contribution in [0, 0.1) is 5.92 Å². The number of hydrogen-bond donors (Lipinski definition) is 1. The number of hydrogen-bond acceptors (Lipinski definition) is 8. The number of carbonyl (C=O) groups is 2. The van der Waals surface area contributed by atoms with Crippen LogP contribution in [-0.2, 0) is 27.3 Å². The molecule has 0 aliphatic heterocycles. The van der Waals surface area contributed by atoms with Crippen molar-refractivity contribution in [3.8, 4) is 0 Å². The number of ether oxygens (including phenoxy) is 1. The van der Waals surface area contributed by atoms with Gasteiger partial charge in [-0.05, 0) is 31.0 Å². The Bertz CT molecular complexity index is 1190. The van der Waals surface area contributed by atoms with Crippen molar-refractivity contribution in [2.45, 2.75) is 38.9 Å². The fourth-order valence-electron chi connectivity index (χ4n) is 2.90. The first-order valence-corrected chi connectivity index (χ1v) is 12.2. The molecule has 11 heteroatoms. The monoisotopic (exact) mass is 494 g/mol. The van der Waals surface area contributed by atoms with Crippen LogP contribution < -0.4 is 10.9 Å². The number of aromatic nitrogens is 3. The maximum atomic E-state index is 13.0. The zero-order valence-electron chi connectivity index (χ0n) is 17.9. The summed E-state index contributed by atoms with van der Waals surface area (Å²) in [4.78, 5) is 45.9. The second-order valence-corrected chi connectivity index (χ2v) is 9.57. The lowest BCUT2D eigenvalue weighted by molar-refractivity contribution is -0.142. The molecule has 1 N–H and O–H groups in total. The van der Waals surface area contributed by atoms with Crippen molar-refractivity contribution < 1.29 is 14.3 Å². The summed E-state index contributed by atoms with van der Waals surface area (Å²) >= 11 is 8.47. The molecule has 1 aromatic carbocycles. The summed E-state index contributed by atoms with van der Waals surface area (Å²) in [5.74, 6) is -0.379. The van der Waals surface area contributed by atoms with E-state index >= 15 is 0 Å². The van der Waals surface area contributed by atoms with E-state index in [1.807, 2.05) is 13.8 Å². The highest BCUT2D eigenvalue weighted by molar-refractivity contribution is 7.99. The van der Waals surface area contributed by atoms with E-state index in [2.05, 4.69) is 15.3 Å². The molecule has 8 nitrogen and oxygen atoms in total. The molecule has 3 aromatic rings. The zero-order valence-corrected chi connectivity index (χ0v) is 20.3. The minimum Gasteiger partial charge on any atom is -0.466 e.